The zero-order valence-electron chi connectivity index (χ0n) is 21.0. The van der Waals surface area contributed by atoms with Crippen LogP contribution in [0.4, 0.5) is 5.69 Å². The fourth-order valence-electron chi connectivity index (χ4n) is 4.26. The van der Waals surface area contributed by atoms with Gasteiger partial charge in [-0.1, -0.05) is 56.1 Å². The quantitative estimate of drug-likeness (QED) is 0.0975. The maximum absolute atomic E-state index is 13.5. The van der Waals surface area contributed by atoms with Gasteiger partial charge < -0.3 is 9.15 Å². The molecule has 202 valence electrons. The molecule has 41 heavy (non-hydrogen) atoms. The number of nitro groups is 1. The Labute approximate surface area is 249 Å². The second-order valence-electron chi connectivity index (χ2n) is 9.01. The van der Waals surface area contributed by atoms with Crippen molar-refractivity contribution in [2.75, 3.05) is 0 Å². The first-order valence-corrected chi connectivity index (χ1v) is 13.9. The summed E-state index contributed by atoms with van der Waals surface area (Å²) < 4.78 is 14.7. The highest BCUT2D eigenvalue weighted by Gasteiger charge is 2.18. The number of ether oxygens (including phenoxy) is 1. The maximum atomic E-state index is 13.5. The van der Waals surface area contributed by atoms with Gasteiger partial charge in [0.15, 0.2) is 11.5 Å². The highest BCUT2D eigenvalue weighted by molar-refractivity contribution is 9.10. The number of halogens is 2. The molecule has 11 heteroatoms. The Balaban J connectivity index is 1.38. The van der Waals surface area contributed by atoms with Crippen molar-refractivity contribution in [2.45, 2.75) is 6.61 Å². The van der Waals surface area contributed by atoms with Gasteiger partial charge in [0, 0.05) is 26.0 Å². The lowest BCUT2D eigenvalue weighted by molar-refractivity contribution is -0.385. The SMILES string of the molecule is O=c1c2ccccc2nc(-c2cc3cc(Br)ccc3o2)n1N=Cc1ccc(OCc2ccc(Br)cc2)c([N+](=O)[O-])c1. The van der Waals surface area contributed by atoms with Gasteiger partial charge in [-0.3, -0.25) is 14.9 Å². The van der Waals surface area contributed by atoms with Crippen LogP contribution >= 0.6 is 31.9 Å². The molecule has 0 unspecified atom stereocenters. The summed E-state index contributed by atoms with van der Waals surface area (Å²) >= 11 is 6.84. The summed E-state index contributed by atoms with van der Waals surface area (Å²) in [6.45, 7) is 0.164. The van der Waals surface area contributed by atoms with E-state index in [-0.39, 0.29) is 23.9 Å². The summed E-state index contributed by atoms with van der Waals surface area (Å²) in [5.41, 5.74) is 1.73. The summed E-state index contributed by atoms with van der Waals surface area (Å²) in [4.78, 5) is 29.5. The second-order valence-corrected chi connectivity index (χ2v) is 10.8. The van der Waals surface area contributed by atoms with E-state index >= 15 is 0 Å². The summed E-state index contributed by atoms with van der Waals surface area (Å²) in [5, 5.41) is 17.4. The van der Waals surface area contributed by atoms with Crippen LogP contribution in [0.15, 0.2) is 114 Å². The molecule has 0 aliphatic rings. The molecule has 0 atom stereocenters. The topological polar surface area (TPSA) is 113 Å². The van der Waals surface area contributed by atoms with E-state index in [2.05, 4.69) is 41.9 Å². The number of hydrogen-bond donors (Lipinski definition) is 0. The van der Waals surface area contributed by atoms with Crippen molar-refractivity contribution in [3.05, 3.63) is 132 Å². The van der Waals surface area contributed by atoms with Gasteiger partial charge in [-0.25, -0.2) is 4.98 Å². The number of nitrogens with zero attached hydrogens (tertiary/aromatic N) is 4. The zero-order chi connectivity index (χ0) is 28.5. The van der Waals surface area contributed by atoms with E-state index in [4.69, 9.17) is 9.15 Å². The molecule has 0 bridgehead atoms. The Hall–Kier alpha value is -4.61. The van der Waals surface area contributed by atoms with Crippen LogP contribution in [0, 0.1) is 10.1 Å². The summed E-state index contributed by atoms with van der Waals surface area (Å²) in [7, 11) is 0. The van der Waals surface area contributed by atoms with Gasteiger partial charge in [-0.15, -0.1) is 0 Å². The highest BCUT2D eigenvalue weighted by atomic mass is 79.9. The van der Waals surface area contributed by atoms with Crippen LogP contribution in [0.2, 0.25) is 0 Å². The molecule has 0 amide bonds. The largest absolute Gasteiger partial charge is 0.482 e. The predicted molar refractivity (Wildman–Crippen MR) is 163 cm³/mol. The van der Waals surface area contributed by atoms with Gasteiger partial charge in [-0.2, -0.15) is 9.78 Å². The van der Waals surface area contributed by atoms with E-state index in [0.717, 1.165) is 24.6 Å². The van der Waals surface area contributed by atoms with Gasteiger partial charge in [0.05, 0.1) is 22.0 Å². The Kier molecular flexibility index (Phi) is 7.21. The van der Waals surface area contributed by atoms with E-state index in [1.807, 2.05) is 42.5 Å². The molecule has 0 saturated heterocycles. The van der Waals surface area contributed by atoms with Crippen molar-refractivity contribution >= 4 is 65.6 Å². The average molecular weight is 674 g/mol. The van der Waals surface area contributed by atoms with E-state index in [0.29, 0.717) is 27.8 Å². The van der Waals surface area contributed by atoms with E-state index in [9.17, 15) is 14.9 Å². The molecule has 0 spiro atoms. The second kappa shape index (κ2) is 11.1. The lowest BCUT2D eigenvalue weighted by Crippen LogP contribution is -2.20. The highest BCUT2D eigenvalue weighted by Crippen LogP contribution is 2.30. The Morgan fingerprint density at radius 2 is 1.76 bits per heavy atom. The minimum Gasteiger partial charge on any atom is -0.482 e. The number of rotatable bonds is 7. The number of fused-ring (bicyclic) bond motifs is 2. The first-order chi connectivity index (χ1) is 19.9. The molecule has 9 nitrogen and oxygen atoms in total. The van der Waals surface area contributed by atoms with Crippen LogP contribution in [0.25, 0.3) is 33.5 Å². The van der Waals surface area contributed by atoms with Crippen molar-refractivity contribution in [1.82, 2.24) is 9.66 Å². The van der Waals surface area contributed by atoms with E-state index in [1.54, 1.807) is 36.4 Å². The fourth-order valence-corrected chi connectivity index (χ4v) is 4.90. The van der Waals surface area contributed by atoms with Gasteiger partial charge in [0.25, 0.3) is 5.56 Å². The molecule has 4 aromatic carbocycles. The molecule has 0 fully saturated rings. The van der Waals surface area contributed by atoms with Crippen molar-refractivity contribution in [3.8, 4) is 17.3 Å². The van der Waals surface area contributed by atoms with Crippen LogP contribution < -0.4 is 10.3 Å². The Bertz CT molecular complexity index is 2030. The van der Waals surface area contributed by atoms with Gasteiger partial charge in [-0.05, 0) is 66.2 Å². The molecule has 0 N–H and O–H groups in total. The number of hydrogen-bond acceptors (Lipinski definition) is 7. The average Bonchev–Trinajstić information content (AvgIpc) is 3.39. The first-order valence-electron chi connectivity index (χ1n) is 12.3. The Morgan fingerprint density at radius 1 is 0.976 bits per heavy atom. The standard InChI is InChI=1S/C30H18Br2N4O5/c31-21-8-5-18(6-9-21)17-40-27-11-7-19(13-25(27)36(38)39)16-33-35-29(34-24-4-2-1-3-23(24)30(35)37)28-15-20-14-22(32)10-12-26(20)41-28/h1-16H,17H2. The monoisotopic (exact) mass is 672 g/mol. The van der Waals surface area contributed by atoms with Crippen LogP contribution in [-0.2, 0) is 6.61 Å². The van der Waals surface area contributed by atoms with Gasteiger partial charge >= 0.3 is 5.69 Å². The third-order valence-corrected chi connectivity index (χ3v) is 7.28. The van der Waals surface area contributed by atoms with Gasteiger partial charge in [0.1, 0.15) is 12.2 Å². The molecular weight excluding hydrogens is 656 g/mol. The number of aromatic nitrogens is 2. The molecule has 0 aliphatic heterocycles. The maximum Gasteiger partial charge on any atom is 0.311 e. The third-order valence-electron chi connectivity index (χ3n) is 6.26. The van der Waals surface area contributed by atoms with Gasteiger partial charge in [0.2, 0.25) is 5.82 Å². The van der Waals surface area contributed by atoms with Crippen LogP contribution in [0.1, 0.15) is 11.1 Å². The summed E-state index contributed by atoms with van der Waals surface area (Å²) in [6, 6.07) is 26.3. The number of nitro benzene ring substituents is 1. The van der Waals surface area contributed by atoms with Crippen molar-refractivity contribution in [2.24, 2.45) is 5.10 Å². The van der Waals surface area contributed by atoms with Crippen LogP contribution in [-0.4, -0.2) is 20.8 Å². The van der Waals surface area contributed by atoms with E-state index in [1.165, 1.54) is 18.3 Å². The zero-order valence-corrected chi connectivity index (χ0v) is 24.2. The van der Waals surface area contributed by atoms with E-state index < -0.39 is 10.5 Å². The Morgan fingerprint density at radius 3 is 2.56 bits per heavy atom. The molecule has 0 aliphatic carbocycles. The molecule has 0 radical (unpaired) electrons. The van der Waals surface area contributed by atoms with Crippen molar-refractivity contribution in [1.29, 1.82) is 0 Å². The first kappa shape index (κ1) is 26.6. The normalized spacial score (nSPS) is 11.5. The fraction of sp³-hybridized carbons (Fsp3) is 0.0333. The summed E-state index contributed by atoms with van der Waals surface area (Å²) in [6.07, 6.45) is 1.37. The minimum atomic E-state index is -0.518. The molecule has 2 aromatic heterocycles. The molecule has 2 heterocycles. The number of para-hydroxylation sites is 1. The lowest BCUT2D eigenvalue weighted by atomic mass is 10.2. The van der Waals surface area contributed by atoms with Crippen LogP contribution in [0.3, 0.4) is 0 Å². The van der Waals surface area contributed by atoms with Crippen molar-refractivity contribution in [3.63, 3.8) is 0 Å². The smallest absolute Gasteiger partial charge is 0.311 e. The number of benzene rings is 4. The minimum absolute atomic E-state index is 0.119. The van der Waals surface area contributed by atoms with Crippen molar-refractivity contribution < 1.29 is 14.1 Å². The lowest BCUT2D eigenvalue weighted by Gasteiger charge is -2.08. The molecular formula is C30H18Br2N4O5. The molecule has 6 rings (SSSR count). The number of furan rings is 1. The molecule has 0 saturated carbocycles. The predicted octanol–water partition coefficient (Wildman–Crippen LogP) is 7.70. The summed E-state index contributed by atoms with van der Waals surface area (Å²) in [5.74, 6) is 0.663. The van der Waals surface area contributed by atoms with Crippen LogP contribution in [0.5, 0.6) is 5.75 Å². The molecule has 6 aromatic rings. The third kappa shape index (κ3) is 5.54.